The van der Waals surface area contributed by atoms with E-state index in [4.69, 9.17) is 4.42 Å². The predicted molar refractivity (Wildman–Crippen MR) is 66.8 cm³/mol. The van der Waals surface area contributed by atoms with Gasteiger partial charge in [-0.3, -0.25) is 4.98 Å². The topological polar surface area (TPSA) is 38.9 Å². The Morgan fingerprint density at radius 2 is 1.94 bits per heavy atom. The molecule has 80 valence electrons. The molecule has 0 bridgehead atoms. The summed E-state index contributed by atoms with van der Waals surface area (Å²) in [5.41, 5.74) is 3.50. The molecule has 0 atom stereocenters. The second-order valence-electron chi connectivity index (χ2n) is 4.00. The third-order valence-electron chi connectivity index (χ3n) is 2.95. The average molecular weight is 220 g/mol. The molecular formula is C14H8N2O. The van der Waals surface area contributed by atoms with Crippen molar-refractivity contribution in [1.82, 2.24) is 9.97 Å². The third kappa shape index (κ3) is 1.16. The molecule has 0 radical (unpaired) electrons. The van der Waals surface area contributed by atoms with Gasteiger partial charge in [-0.25, -0.2) is 4.98 Å². The van der Waals surface area contributed by atoms with Crippen molar-refractivity contribution in [3.8, 4) is 0 Å². The second kappa shape index (κ2) is 3.04. The van der Waals surface area contributed by atoms with E-state index in [2.05, 4.69) is 9.97 Å². The lowest BCUT2D eigenvalue weighted by molar-refractivity contribution is 0.669. The maximum atomic E-state index is 5.78. The van der Waals surface area contributed by atoms with Crippen LogP contribution < -0.4 is 0 Å². The molecular weight excluding hydrogens is 212 g/mol. The minimum Gasteiger partial charge on any atom is -0.454 e. The Morgan fingerprint density at radius 1 is 1.00 bits per heavy atom. The van der Waals surface area contributed by atoms with Crippen LogP contribution in [0.25, 0.3) is 33.0 Å². The molecule has 4 aromatic rings. The standard InChI is InChI=1S/C14H8N2O/c1-2-4-12-10(3-1)14-13(17-12)7-9-5-6-15-8-11(9)16-14/h1-8H. The van der Waals surface area contributed by atoms with E-state index in [0.717, 1.165) is 33.0 Å². The Bertz CT molecular complexity index is 842. The number of para-hydroxylation sites is 1. The molecule has 0 aliphatic rings. The number of fused-ring (bicyclic) bond motifs is 4. The summed E-state index contributed by atoms with van der Waals surface area (Å²) in [6.07, 6.45) is 3.54. The van der Waals surface area contributed by atoms with Crippen molar-refractivity contribution >= 4 is 33.0 Å². The first kappa shape index (κ1) is 8.70. The fraction of sp³-hybridized carbons (Fsp3) is 0. The summed E-state index contributed by atoms with van der Waals surface area (Å²) in [6, 6.07) is 11.9. The van der Waals surface area contributed by atoms with Gasteiger partial charge in [-0.15, -0.1) is 0 Å². The van der Waals surface area contributed by atoms with E-state index in [1.165, 1.54) is 0 Å². The Labute approximate surface area is 96.7 Å². The van der Waals surface area contributed by atoms with Crippen LogP contribution in [-0.2, 0) is 0 Å². The number of hydrogen-bond donors (Lipinski definition) is 0. The van der Waals surface area contributed by atoms with E-state index in [0.29, 0.717) is 0 Å². The van der Waals surface area contributed by atoms with Gasteiger partial charge in [-0.05, 0) is 24.3 Å². The van der Waals surface area contributed by atoms with Gasteiger partial charge in [0.05, 0.1) is 11.7 Å². The molecule has 0 fully saturated rings. The molecule has 0 N–H and O–H groups in total. The maximum absolute atomic E-state index is 5.78. The number of nitrogens with zero attached hydrogens (tertiary/aromatic N) is 2. The third-order valence-corrected chi connectivity index (χ3v) is 2.95. The monoisotopic (exact) mass is 220 g/mol. The predicted octanol–water partition coefficient (Wildman–Crippen LogP) is 3.53. The number of aromatic nitrogens is 2. The van der Waals surface area contributed by atoms with Crippen molar-refractivity contribution < 1.29 is 4.42 Å². The number of hydrogen-bond acceptors (Lipinski definition) is 3. The summed E-state index contributed by atoms with van der Waals surface area (Å²) in [6.45, 7) is 0. The zero-order valence-corrected chi connectivity index (χ0v) is 8.92. The van der Waals surface area contributed by atoms with Crippen LogP contribution in [0.15, 0.2) is 53.2 Å². The average Bonchev–Trinajstić information content (AvgIpc) is 2.73. The molecule has 0 spiro atoms. The molecule has 0 aliphatic heterocycles. The van der Waals surface area contributed by atoms with Crippen LogP contribution in [0.4, 0.5) is 0 Å². The first-order chi connectivity index (χ1) is 8.42. The van der Waals surface area contributed by atoms with Gasteiger partial charge in [-0.1, -0.05) is 12.1 Å². The number of rotatable bonds is 0. The maximum Gasteiger partial charge on any atom is 0.154 e. The largest absolute Gasteiger partial charge is 0.454 e. The fourth-order valence-corrected chi connectivity index (χ4v) is 2.14. The molecule has 17 heavy (non-hydrogen) atoms. The first-order valence-corrected chi connectivity index (χ1v) is 5.44. The minimum absolute atomic E-state index is 0.824. The molecule has 3 nitrogen and oxygen atoms in total. The highest BCUT2D eigenvalue weighted by Crippen LogP contribution is 2.28. The Kier molecular flexibility index (Phi) is 1.56. The molecule has 3 aromatic heterocycles. The van der Waals surface area contributed by atoms with Gasteiger partial charge in [0.2, 0.25) is 0 Å². The summed E-state index contributed by atoms with van der Waals surface area (Å²) < 4.78 is 5.78. The van der Waals surface area contributed by atoms with Gasteiger partial charge < -0.3 is 4.42 Å². The molecule has 1 aromatic carbocycles. The number of benzene rings is 1. The lowest BCUT2D eigenvalue weighted by Gasteiger charge is -1.95. The summed E-state index contributed by atoms with van der Waals surface area (Å²) >= 11 is 0. The molecule has 0 aliphatic carbocycles. The quantitative estimate of drug-likeness (QED) is 0.455. The first-order valence-electron chi connectivity index (χ1n) is 5.44. The van der Waals surface area contributed by atoms with Gasteiger partial charge in [0.15, 0.2) is 5.58 Å². The zero-order valence-electron chi connectivity index (χ0n) is 8.92. The van der Waals surface area contributed by atoms with Crippen LogP contribution in [0.2, 0.25) is 0 Å². The van der Waals surface area contributed by atoms with Crippen LogP contribution in [0.3, 0.4) is 0 Å². The van der Waals surface area contributed by atoms with Crippen LogP contribution in [0.1, 0.15) is 0 Å². The number of pyridine rings is 2. The van der Waals surface area contributed by atoms with E-state index in [1.807, 2.05) is 36.4 Å². The molecule has 3 heterocycles. The molecule has 4 rings (SSSR count). The Hall–Kier alpha value is -2.42. The normalized spacial score (nSPS) is 11.5. The summed E-state index contributed by atoms with van der Waals surface area (Å²) in [7, 11) is 0. The molecule has 0 unspecified atom stereocenters. The van der Waals surface area contributed by atoms with E-state index in [1.54, 1.807) is 12.4 Å². The van der Waals surface area contributed by atoms with Crippen LogP contribution in [0.5, 0.6) is 0 Å². The van der Waals surface area contributed by atoms with Crippen molar-refractivity contribution in [1.29, 1.82) is 0 Å². The molecule has 0 amide bonds. The molecule has 0 saturated carbocycles. The molecule has 3 heteroatoms. The molecule has 0 saturated heterocycles. The van der Waals surface area contributed by atoms with Gasteiger partial charge in [-0.2, -0.15) is 0 Å². The van der Waals surface area contributed by atoms with E-state index in [-0.39, 0.29) is 0 Å². The van der Waals surface area contributed by atoms with Crippen LogP contribution >= 0.6 is 0 Å². The summed E-state index contributed by atoms with van der Waals surface area (Å²) in [5, 5.41) is 2.10. The Morgan fingerprint density at radius 3 is 2.94 bits per heavy atom. The van der Waals surface area contributed by atoms with Gasteiger partial charge in [0, 0.05) is 17.0 Å². The lowest BCUT2D eigenvalue weighted by Crippen LogP contribution is -1.80. The lowest BCUT2D eigenvalue weighted by atomic mass is 10.2. The Balaban J connectivity index is 2.28. The SMILES string of the molecule is c1ccc2c(c1)oc1cc3ccncc3nc12. The van der Waals surface area contributed by atoms with Crippen molar-refractivity contribution in [2.75, 3.05) is 0 Å². The van der Waals surface area contributed by atoms with Gasteiger partial charge in [0.1, 0.15) is 11.1 Å². The fourth-order valence-electron chi connectivity index (χ4n) is 2.14. The van der Waals surface area contributed by atoms with Crippen molar-refractivity contribution in [3.63, 3.8) is 0 Å². The zero-order chi connectivity index (χ0) is 11.2. The van der Waals surface area contributed by atoms with Crippen LogP contribution in [-0.4, -0.2) is 9.97 Å². The van der Waals surface area contributed by atoms with Gasteiger partial charge in [0.25, 0.3) is 0 Å². The summed E-state index contributed by atoms with van der Waals surface area (Å²) in [4.78, 5) is 8.70. The van der Waals surface area contributed by atoms with E-state index in [9.17, 15) is 0 Å². The van der Waals surface area contributed by atoms with E-state index >= 15 is 0 Å². The van der Waals surface area contributed by atoms with E-state index < -0.39 is 0 Å². The van der Waals surface area contributed by atoms with Crippen molar-refractivity contribution in [2.24, 2.45) is 0 Å². The number of furan rings is 1. The smallest absolute Gasteiger partial charge is 0.154 e. The second-order valence-corrected chi connectivity index (χ2v) is 4.00. The minimum atomic E-state index is 0.824. The highest BCUT2D eigenvalue weighted by molar-refractivity contribution is 6.05. The highest BCUT2D eigenvalue weighted by atomic mass is 16.3. The van der Waals surface area contributed by atoms with Crippen molar-refractivity contribution in [2.45, 2.75) is 0 Å². The highest BCUT2D eigenvalue weighted by Gasteiger charge is 2.08. The van der Waals surface area contributed by atoms with Gasteiger partial charge >= 0.3 is 0 Å². The summed E-state index contributed by atoms with van der Waals surface area (Å²) in [5.74, 6) is 0. The van der Waals surface area contributed by atoms with Crippen LogP contribution in [0, 0.1) is 0 Å². The van der Waals surface area contributed by atoms with Crippen molar-refractivity contribution in [3.05, 3.63) is 48.8 Å².